The predicted octanol–water partition coefficient (Wildman–Crippen LogP) is 4.17. The van der Waals surface area contributed by atoms with Gasteiger partial charge >= 0.3 is 0 Å². The first-order chi connectivity index (χ1) is 15.1. The van der Waals surface area contributed by atoms with E-state index in [4.69, 9.17) is 0 Å². The van der Waals surface area contributed by atoms with E-state index in [2.05, 4.69) is 15.3 Å². The van der Waals surface area contributed by atoms with Gasteiger partial charge < -0.3 is 5.32 Å². The van der Waals surface area contributed by atoms with Gasteiger partial charge in [0.05, 0.1) is 28.2 Å². The third-order valence-corrected chi connectivity index (χ3v) is 6.52. The van der Waals surface area contributed by atoms with Gasteiger partial charge in [0, 0.05) is 35.6 Å². The zero-order chi connectivity index (χ0) is 21.4. The number of aromatic nitrogens is 2. The lowest BCUT2D eigenvalue weighted by atomic mass is 10.1. The summed E-state index contributed by atoms with van der Waals surface area (Å²) in [6.45, 7) is 0.615. The van der Waals surface area contributed by atoms with Crippen molar-refractivity contribution in [2.45, 2.75) is 0 Å². The Balaban J connectivity index is 1.37. The Morgan fingerprint density at radius 2 is 2.00 bits per heavy atom. The minimum absolute atomic E-state index is 0.0724. The number of nitrogens with zero attached hydrogens (tertiary/aromatic N) is 3. The fourth-order valence-corrected chi connectivity index (χ4v) is 4.29. The van der Waals surface area contributed by atoms with Crippen molar-refractivity contribution in [2.75, 3.05) is 21.9 Å². The number of fused-ring (bicyclic) bond motifs is 1. The molecule has 0 radical (unpaired) electrons. The highest BCUT2D eigenvalue weighted by Crippen LogP contribution is 2.26. The van der Waals surface area contributed by atoms with E-state index >= 15 is 0 Å². The van der Waals surface area contributed by atoms with Crippen molar-refractivity contribution in [2.24, 2.45) is 0 Å². The molecule has 1 aliphatic heterocycles. The molecule has 0 saturated carbocycles. The van der Waals surface area contributed by atoms with E-state index in [1.165, 1.54) is 12.1 Å². The Bertz CT molecular complexity index is 1340. The molecule has 2 aromatic heterocycles. The largest absolute Gasteiger partial charge is 0.322 e. The average Bonchev–Trinajstić information content (AvgIpc) is 2.78. The van der Waals surface area contributed by atoms with Crippen LogP contribution in [-0.4, -0.2) is 32.4 Å². The maximum atomic E-state index is 14.5. The minimum atomic E-state index is -1.11. The first kappa shape index (κ1) is 19.3. The lowest BCUT2D eigenvalue weighted by Gasteiger charge is -2.31. The molecule has 0 aliphatic carbocycles. The normalized spacial score (nSPS) is 15.5. The summed E-state index contributed by atoms with van der Waals surface area (Å²) in [5.74, 6) is -0.633. The third-order valence-electron chi connectivity index (χ3n) is 5.11. The lowest BCUT2D eigenvalue weighted by molar-refractivity contribution is 0.102. The summed E-state index contributed by atoms with van der Waals surface area (Å²) in [6, 6.07) is 17.2. The van der Waals surface area contributed by atoms with Crippen LogP contribution in [0.5, 0.6) is 0 Å². The number of hydrogen-bond acceptors (Lipinski definition) is 4. The van der Waals surface area contributed by atoms with Gasteiger partial charge in [-0.1, -0.05) is 12.1 Å². The van der Waals surface area contributed by atoms with E-state index in [0.29, 0.717) is 23.7 Å². The van der Waals surface area contributed by atoms with Crippen LogP contribution in [0.1, 0.15) is 10.4 Å². The summed E-state index contributed by atoms with van der Waals surface area (Å²) in [7, 11) is -1.11. The van der Waals surface area contributed by atoms with Crippen LogP contribution in [-0.2, 0) is 11.0 Å². The van der Waals surface area contributed by atoms with Crippen LogP contribution in [0.3, 0.4) is 0 Å². The number of nitrogens with one attached hydrogen (secondary N) is 1. The Hall–Kier alpha value is -3.65. The zero-order valence-electron chi connectivity index (χ0n) is 16.3. The molecule has 1 aliphatic rings. The highest BCUT2D eigenvalue weighted by atomic mass is 32.2. The first-order valence-corrected chi connectivity index (χ1v) is 10.9. The van der Waals surface area contributed by atoms with Crippen LogP contribution >= 0.6 is 0 Å². The summed E-state index contributed by atoms with van der Waals surface area (Å²) in [5, 5.41) is 3.68. The van der Waals surface area contributed by atoms with E-state index < -0.39 is 22.7 Å². The van der Waals surface area contributed by atoms with Gasteiger partial charge in [-0.3, -0.25) is 14.1 Å². The fraction of sp³-hybridized carbons (Fsp3) is 0.0870. The van der Waals surface area contributed by atoms with E-state index in [-0.39, 0.29) is 5.56 Å². The van der Waals surface area contributed by atoms with Gasteiger partial charge in [-0.2, -0.15) is 0 Å². The van der Waals surface area contributed by atoms with Gasteiger partial charge in [0.2, 0.25) is 0 Å². The van der Waals surface area contributed by atoms with Gasteiger partial charge in [-0.15, -0.1) is 0 Å². The van der Waals surface area contributed by atoms with Crippen molar-refractivity contribution >= 4 is 39.2 Å². The van der Waals surface area contributed by atoms with Crippen LogP contribution in [0.15, 0.2) is 73.1 Å². The molecule has 1 fully saturated rings. The van der Waals surface area contributed by atoms with Gasteiger partial charge in [-0.25, -0.2) is 13.6 Å². The van der Waals surface area contributed by atoms with Gasteiger partial charge in [0.25, 0.3) is 5.91 Å². The molecule has 31 heavy (non-hydrogen) atoms. The standard InChI is InChI=1S/C23H17FN4O2S/c24-20-13-18(28-10-11-31(28)30)5-6-19(20)23(29)26-17-3-1-2-15(12-17)21-7-4-16-14-25-9-8-22(16)27-21/h1-9,12-14H,10-11H2,(H,26,29). The first-order valence-electron chi connectivity index (χ1n) is 9.67. The Morgan fingerprint density at radius 1 is 1.10 bits per heavy atom. The molecule has 1 amide bonds. The third kappa shape index (κ3) is 3.77. The number of benzene rings is 2. The number of hydrogen-bond donors (Lipinski definition) is 1. The van der Waals surface area contributed by atoms with Crippen molar-refractivity contribution in [3.8, 4) is 11.3 Å². The second kappa shape index (κ2) is 7.88. The molecular formula is C23H17FN4O2S. The molecular weight excluding hydrogens is 415 g/mol. The molecule has 2 aromatic carbocycles. The van der Waals surface area contributed by atoms with Crippen molar-refractivity contribution < 1.29 is 13.4 Å². The molecule has 8 heteroatoms. The number of rotatable bonds is 4. The maximum absolute atomic E-state index is 14.5. The quantitative estimate of drug-likeness (QED) is 0.525. The van der Waals surface area contributed by atoms with Gasteiger partial charge in [0.1, 0.15) is 16.8 Å². The second-order valence-electron chi connectivity index (χ2n) is 7.09. The molecule has 1 N–H and O–H groups in total. The summed E-state index contributed by atoms with van der Waals surface area (Å²) >= 11 is 0. The second-order valence-corrected chi connectivity index (χ2v) is 8.58. The topological polar surface area (TPSA) is 75.2 Å². The monoisotopic (exact) mass is 432 g/mol. The molecule has 5 rings (SSSR count). The number of amides is 1. The van der Waals surface area contributed by atoms with Gasteiger partial charge in [0.15, 0.2) is 0 Å². The van der Waals surface area contributed by atoms with E-state index in [9.17, 15) is 13.4 Å². The van der Waals surface area contributed by atoms with Gasteiger partial charge in [-0.05, 0) is 48.5 Å². The average molecular weight is 432 g/mol. The SMILES string of the molecule is O=C(Nc1cccc(-c2ccc3cnccc3n2)c1)c1ccc(N2CCS2=O)cc1F. The molecule has 0 bridgehead atoms. The Labute approximate surface area is 180 Å². The molecule has 3 heterocycles. The molecule has 1 unspecified atom stereocenters. The van der Waals surface area contributed by atoms with Crippen molar-refractivity contribution in [3.63, 3.8) is 0 Å². The highest BCUT2D eigenvalue weighted by Gasteiger charge is 2.25. The zero-order valence-corrected chi connectivity index (χ0v) is 17.1. The molecule has 4 aromatic rings. The van der Waals surface area contributed by atoms with Crippen LogP contribution in [0.4, 0.5) is 15.8 Å². The summed E-state index contributed by atoms with van der Waals surface area (Å²) in [5.41, 5.74) is 3.38. The van der Waals surface area contributed by atoms with E-state index in [1.54, 1.807) is 34.9 Å². The Kier molecular flexibility index (Phi) is 4.91. The molecule has 1 atom stereocenters. The van der Waals surface area contributed by atoms with Crippen molar-refractivity contribution in [3.05, 3.63) is 84.4 Å². The van der Waals surface area contributed by atoms with E-state index in [1.807, 2.05) is 30.3 Å². The molecule has 6 nitrogen and oxygen atoms in total. The minimum Gasteiger partial charge on any atom is -0.322 e. The summed E-state index contributed by atoms with van der Waals surface area (Å²) < 4.78 is 27.8. The Morgan fingerprint density at radius 3 is 2.77 bits per heavy atom. The van der Waals surface area contributed by atoms with Crippen LogP contribution in [0.25, 0.3) is 22.2 Å². The number of halogens is 1. The predicted molar refractivity (Wildman–Crippen MR) is 120 cm³/mol. The summed E-state index contributed by atoms with van der Waals surface area (Å²) in [6.07, 6.45) is 3.44. The number of anilines is 2. The number of carbonyl (C=O) groups is 1. The summed E-state index contributed by atoms with van der Waals surface area (Å²) in [4.78, 5) is 21.4. The molecule has 154 valence electrons. The highest BCUT2D eigenvalue weighted by molar-refractivity contribution is 7.88. The maximum Gasteiger partial charge on any atom is 0.258 e. The lowest BCUT2D eigenvalue weighted by Crippen LogP contribution is -2.42. The van der Waals surface area contributed by atoms with Crippen LogP contribution in [0.2, 0.25) is 0 Å². The number of carbonyl (C=O) groups excluding carboxylic acids is 1. The smallest absolute Gasteiger partial charge is 0.258 e. The fourth-order valence-electron chi connectivity index (χ4n) is 3.43. The van der Waals surface area contributed by atoms with Crippen molar-refractivity contribution in [1.82, 2.24) is 9.97 Å². The molecule has 0 spiro atoms. The van der Waals surface area contributed by atoms with Crippen LogP contribution in [0, 0.1) is 5.82 Å². The molecule has 1 saturated heterocycles. The van der Waals surface area contributed by atoms with Crippen LogP contribution < -0.4 is 9.62 Å². The van der Waals surface area contributed by atoms with Crippen molar-refractivity contribution in [1.29, 1.82) is 0 Å². The number of pyridine rings is 2. The van der Waals surface area contributed by atoms with E-state index in [0.717, 1.165) is 22.2 Å².